The molecule has 0 aliphatic carbocycles. The molecule has 3 aromatic heterocycles. The van der Waals surface area contributed by atoms with E-state index in [0.717, 1.165) is 40.9 Å². The fraction of sp³-hybridized carbons (Fsp3) is 0.271. The maximum absolute atomic E-state index is 13.1. The number of piperidine rings is 1. The zero-order valence-electron chi connectivity index (χ0n) is 37.2. The molecule has 0 spiro atoms. The lowest BCUT2D eigenvalue weighted by Crippen LogP contribution is -2.39. The van der Waals surface area contributed by atoms with Gasteiger partial charge in [0.1, 0.15) is 24.5 Å². The second-order valence-corrected chi connectivity index (χ2v) is 16.4. The van der Waals surface area contributed by atoms with Gasteiger partial charge >= 0.3 is 6.18 Å². The average molecular weight is 925 g/mol. The van der Waals surface area contributed by atoms with Crippen LogP contribution in [0.15, 0.2) is 110 Å². The lowest BCUT2D eigenvalue weighted by atomic mass is 10.1. The van der Waals surface area contributed by atoms with Crippen molar-refractivity contribution >= 4 is 58.4 Å². The van der Waals surface area contributed by atoms with E-state index >= 15 is 0 Å². The molecule has 1 saturated heterocycles. The first kappa shape index (κ1) is 45.0. The van der Waals surface area contributed by atoms with Crippen LogP contribution in [0.4, 0.5) is 59.7 Å². The van der Waals surface area contributed by atoms with Crippen LogP contribution in [0.25, 0.3) is 5.69 Å². The Morgan fingerprint density at radius 3 is 1.81 bits per heavy atom. The van der Waals surface area contributed by atoms with Crippen molar-refractivity contribution in [3.63, 3.8) is 0 Å². The van der Waals surface area contributed by atoms with Crippen molar-refractivity contribution in [3.05, 3.63) is 138 Å². The highest BCUT2D eigenvalue weighted by Gasteiger charge is 2.31. The Hall–Kier alpha value is -8.16. The van der Waals surface area contributed by atoms with Crippen LogP contribution in [0.5, 0.6) is 5.75 Å². The molecule has 0 saturated carbocycles. The number of benzene rings is 4. The number of anilines is 8. The molecule has 7 aromatic rings. The molecule has 4 N–H and O–H groups in total. The van der Waals surface area contributed by atoms with Gasteiger partial charge in [-0.3, -0.25) is 9.59 Å². The number of amides is 2. The van der Waals surface area contributed by atoms with Crippen LogP contribution < -0.4 is 35.8 Å². The number of hydrogen-bond acceptors (Lipinski definition) is 14. The van der Waals surface area contributed by atoms with Crippen molar-refractivity contribution < 1.29 is 27.5 Å². The van der Waals surface area contributed by atoms with Gasteiger partial charge in [-0.1, -0.05) is 30.3 Å². The van der Waals surface area contributed by atoms with E-state index in [0.29, 0.717) is 91.3 Å². The Kier molecular flexibility index (Phi) is 13.1. The van der Waals surface area contributed by atoms with Crippen LogP contribution in [-0.2, 0) is 28.7 Å². The molecule has 0 radical (unpaired) electrons. The van der Waals surface area contributed by atoms with Crippen molar-refractivity contribution in [3.8, 4) is 11.4 Å². The Morgan fingerprint density at radius 1 is 0.676 bits per heavy atom. The van der Waals surface area contributed by atoms with Gasteiger partial charge in [0.15, 0.2) is 0 Å². The Balaban J connectivity index is 0.745. The molecule has 0 atom stereocenters. The quantitative estimate of drug-likeness (QED) is 0.0813. The number of halogens is 3. The molecule has 20 heteroatoms. The van der Waals surface area contributed by atoms with Crippen LogP contribution >= 0.6 is 0 Å². The number of alkyl halides is 3. The third-order valence-corrected chi connectivity index (χ3v) is 11.8. The number of nitrogens with zero attached hydrogens (tertiary/aromatic N) is 10. The van der Waals surface area contributed by atoms with Gasteiger partial charge in [0.05, 0.1) is 23.1 Å². The number of ether oxygens (including phenoxy) is 1. The minimum atomic E-state index is -4.40. The summed E-state index contributed by atoms with van der Waals surface area (Å²) in [6, 6.07) is 25.7. The molecule has 2 amide bonds. The number of para-hydroxylation sites is 1. The number of aromatic nitrogens is 8. The summed E-state index contributed by atoms with van der Waals surface area (Å²) in [5.41, 5.74) is 6.59. The van der Waals surface area contributed by atoms with Gasteiger partial charge in [0.25, 0.3) is 0 Å². The molecule has 17 nitrogen and oxygen atoms in total. The van der Waals surface area contributed by atoms with Gasteiger partial charge in [-0.15, -0.1) is 0 Å². The van der Waals surface area contributed by atoms with Crippen LogP contribution in [0, 0.1) is 13.8 Å². The molecule has 9 rings (SSSR count). The summed E-state index contributed by atoms with van der Waals surface area (Å²) in [4.78, 5) is 57.2. The lowest BCUT2D eigenvalue weighted by molar-refractivity contribution is -0.137. The molecule has 1 fully saturated rings. The minimum Gasteiger partial charge on any atom is -0.490 e. The Morgan fingerprint density at radius 2 is 1.24 bits per heavy atom. The number of carbonyl (C=O) groups is 2. The summed E-state index contributed by atoms with van der Waals surface area (Å²) in [7, 11) is 0. The molecule has 0 bridgehead atoms. The third kappa shape index (κ3) is 10.6. The number of hydrogen-bond donors (Lipinski definition) is 4. The predicted molar refractivity (Wildman–Crippen MR) is 251 cm³/mol. The second kappa shape index (κ2) is 19.7. The highest BCUT2D eigenvalue weighted by molar-refractivity contribution is 5.98. The van der Waals surface area contributed by atoms with Gasteiger partial charge in [-0.25, -0.2) is 24.6 Å². The number of nitrogens with one attached hydrogen (secondary N) is 4. The largest absolute Gasteiger partial charge is 0.490 e. The molecular formula is C48H47F3N14O3. The SMILES string of the molecule is Cc1c(NC(=O)CCC(=O)Nc2cccc(Nc3ncnc(N4CCc5c(cnn5-c5ccccc5)C4)n3)c2C)cccc1Nc1ncnc(N2CCC(Oc3ccc(C(F)(F)F)cc3)CC2)n1. The van der Waals surface area contributed by atoms with E-state index in [1.807, 2.05) is 78.2 Å². The maximum Gasteiger partial charge on any atom is 0.416 e. The van der Waals surface area contributed by atoms with Crippen molar-refractivity contribution in [2.24, 2.45) is 0 Å². The van der Waals surface area contributed by atoms with Gasteiger partial charge in [0.2, 0.25) is 35.6 Å². The number of carbonyl (C=O) groups excluding carboxylic acids is 2. The smallest absolute Gasteiger partial charge is 0.416 e. The van der Waals surface area contributed by atoms with E-state index in [1.54, 1.807) is 18.2 Å². The topological polar surface area (TPSA) is 193 Å². The van der Waals surface area contributed by atoms with E-state index in [2.05, 4.69) is 56.2 Å². The van der Waals surface area contributed by atoms with E-state index in [4.69, 9.17) is 9.72 Å². The molecular weight excluding hydrogens is 878 g/mol. The first-order valence-corrected chi connectivity index (χ1v) is 22.1. The van der Waals surface area contributed by atoms with E-state index in [9.17, 15) is 22.8 Å². The van der Waals surface area contributed by atoms with Gasteiger partial charge in [0, 0.05) is 86.6 Å². The van der Waals surface area contributed by atoms with E-state index in [-0.39, 0.29) is 30.8 Å². The summed E-state index contributed by atoms with van der Waals surface area (Å²) < 4.78 is 46.8. The Labute approximate surface area is 389 Å². The number of fused-ring (bicyclic) bond motifs is 1. The molecule has 2 aliphatic heterocycles. The first-order chi connectivity index (χ1) is 32.9. The van der Waals surface area contributed by atoms with Gasteiger partial charge in [-0.2, -0.15) is 28.2 Å². The standard InChI is InChI=1S/C48H47F3N14O3/c1-30-37(10-6-12-39(30)59-44-52-28-54-46(61-44)63-23-20-36(21-24-63)68-35-16-14-33(15-17-35)48(49,50)51)57-42(66)18-19-43(67)58-38-11-7-13-40(31(38)2)60-45-53-29-55-47(62-45)64-25-22-41-32(27-64)26-56-65(41)34-8-4-3-5-9-34/h3-17,26,28-29,36H,18-25,27H2,1-2H3,(H,57,66)(H,58,67)(H,52,54,59,61)(H,53,55,60,62). The van der Waals surface area contributed by atoms with Gasteiger partial charge in [-0.05, 0) is 85.6 Å². The van der Waals surface area contributed by atoms with Crippen molar-refractivity contribution in [1.29, 1.82) is 0 Å². The summed E-state index contributed by atoms with van der Waals surface area (Å²) >= 11 is 0. The van der Waals surface area contributed by atoms with Gasteiger partial charge < -0.3 is 35.8 Å². The molecule has 68 heavy (non-hydrogen) atoms. The average Bonchev–Trinajstić information content (AvgIpc) is 3.78. The molecule has 348 valence electrons. The fourth-order valence-electron chi connectivity index (χ4n) is 8.09. The lowest BCUT2D eigenvalue weighted by Gasteiger charge is -2.32. The third-order valence-electron chi connectivity index (χ3n) is 11.8. The molecule has 5 heterocycles. The van der Waals surface area contributed by atoms with Crippen LogP contribution in [0.3, 0.4) is 0 Å². The molecule has 4 aromatic carbocycles. The maximum atomic E-state index is 13.1. The fourth-order valence-corrected chi connectivity index (χ4v) is 8.09. The van der Waals surface area contributed by atoms with Crippen LogP contribution in [0.2, 0.25) is 0 Å². The van der Waals surface area contributed by atoms with Crippen LogP contribution in [-0.4, -0.2) is 77.2 Å². The number of rotatable bonds is 14. The first-order valence-electron chi connectivity index (χ1n) is 22.1. The zero-order chi connectivity index (χ0) is 47.2. The normalized spacial score (nSPS) is 14.0. The summed E-state index contributed by atoms with van der Waals surface area (Å²) in [6.45, 7) is 6.20. The minimum absolute atomic E-state index is 0.0510. The Bertz CT molecular complexity index is 2910. The highest BCUT2D eigenvalue weighted by atomic mass is 19.4. The van der Waals surface area contributed by atoms with E-state index < -0.39 is 11.7 Å². The van der Waals surface area contributed by atoms with Crippen molar-refractivity contribution in [2.75, 3.05) is 50.7 Å². The molecule has 2 aliphatic rings. The monoisotopic (exact) mass is 924 g/mol. The summed E-state index contributed by atoms with van der Waals surface area (Å²) in [6.07, 6.45) is 2.13. The van der Waals surface area contributed by atoms with Crippen LogP contribution in [0.1, 0.15) is 53.6 Å². The van der Waals surface area contributed by atoms with E-state index in [1.165, 1.54) is 30.5 Å². The summed E-state index contributed by atoms with van der Waals surface area (Å²) in [5, 5.41) is 17.0. The second-order valence-electron chi connectivity index (χ2n) is 16.4. The highest BCUT2D eigenvalue weighted by Crippen LogP contribution is 2.32. The predicted octanol–water partition coefficient (Wildman–Crippen LogP) is 8.33. The zero-order valence-corrected chi connectivity index (χ0v) is 37.2. The van der Waals surface area contributed by atoms with Crippen molar-refractivity contribution in [2.45, 2.75) is 64.8 Å². The van der Waals surface area contributed by atoms with Crippen molar-refractivity contribution in [1.82, 2.24) is 39.7 Å². The molecule has 0 unspecified atom stereocenters. The summed E-state index contributed by atoms with van der Waals surface area (Å²) in [5.74, 6) is 1.40.